The van der Waals surface area contributed by atoms with E-state index in [-0.39, 0.29) is 4.75 Å². The number of hydrogen-bond acceptors (Lipinski definition) is 2. The van der Waals surface area contributed by atoms with Gasteiger partial charge in [-0.25, -0.2) is 8.78 Å². The Morgan fingerprint density at radius 1 is 1.35 bits per heavy atom. The zero-order valence-electron chi connectivity index (χ0n) is 12.2. The molecule has 1 fully saturated rings. The second kappa shape index (κ2) is 6.90. The minimum Gasteiger partial charge on any atom is -0.312 e. The topological polar surface area (TPSA) is 12.0 Å². The van der Waals surface area contributed by atoms with Crippen molar-refractivity contribution in [2.45, 2.75) is 50.3 Å². The molecule has 0 bridgehead atoms. The van der Waals surface area contributed by atoms with Crippen LogP contribution in [-0.4, -0.2) is 23.1 Å². The van der Waals surface area contributed by atoms with Gasteiger partial charge >= 0.3 is 0 Å². The van der Waals surface area contributed by atoms with Crippen molar-refractivity contribution in [2.75, 3.05) is 12.3 Å². The van der Waals surface area contributed by atoms with Crippen LogP contribution in [0.4, 0.5) is 8.78 Å². The summed E-state index contributed by atoms with van der Waals surface area (Å²) in [5.41, 5.74) is 0.867. The molecule has 1 aromatic carbocycles. The van der Waals surface area contributed by atoms with Gasteiger partial charge in [-0.1, -0.05) is 13.0 Å². The fraction of sp³-hybridized carbons (Fsp3) is 0.625. The van der Waals surface area contributed by atoms with Crippen LogP contribution >= 0.6 is 11.8 Å². The Kier molecular flexibility index (Phi) is 5.44. The highest BCUT2D eigenvalue weighted by Gasteiger charge is 2.37. The molecule has 0 radical (unpaired) electrons. The molecule has 1 heterocycles. The molecule has 2 rings (SSSR count). The fourth-order valence-corrected chi connectivity index (χ4v) is 4.21. The molecular weight excluding hydrogens is 276 g/mol. The van der Waals surface area contributed by atoms with Crippen molar-refractivity contribution in [3.63, 3.8) is 0 Å². The van der Waals surface area contributed by atoms with Gasteiger partial charge in [-0.05, 0) is 62.6 Å². The zero-order valence-corrected chi connectivity index (χ0v) is 13.0. The maximum Gasteiger partial charge on any atom is 0.159 e. The van der Waals surface area contributed by atoms with Gasteiger partial charge in [-0.2, -0.15) is 11.8 Å². The van der Waals surface area contributed by atoms with Crippen LogP contribution in [0.1, 0.15) is 38.7 Å². The number of nitrogens with one attached hydrogen (secondary N) is 1. The lowest BCUT2D eigenvalue weighted by atomic mass is 9.90. The predicted molar refractivity (Wildman–Crippen MR) is 82.2 cm³/mol. The first-order valence-corrected chi connectivity index (χ1v) is 8.35. The van der Waals surface area contributed by atoms with E-state index in [1.807, 2.05) is 11.8 Å². The summed E-state index contributed by atoms with van der Waals surface area (Å²) in [4.78, 5) is 0. The van der Waals surface area contributed by atoms with Gasteiger partial charge in [0.15, 0.2) is 11.6 Å². The van der Waals surface area contributed by atoms with Crippen LogP contribution in [0.2, 0.25) is 0 Å². The summed E-state index contributed by atoms with van der Waals surface area (Å²) in [5.74, 6) is -0.326. The Hall–Kier alpha value is -0.610. The van der Waals surface area contributed by atoms with Gasteiger partial charge in [0.05, 0.1) is 0 Å². The second-order valence-corrected chi connectivity index (χ2v) is 7.35. The number of halogens is 2. The Balaban J connectivity index is 2.12. The van der Waals surface area contributed by atoms with E-state index in [4.69, 9.17) is 0 Å². The van der Waals surface area contributed by atoms with Gasteiger partial charge in [0.1, 0.15) is 0 Å². The number of hydrogen-bond donors (Lipinski definition) is 1. The van der Waals surface area contributed by atoms with Crippen molar-refractivity contribution < 1.29 is 8.78 Å². The molecule has 1 nitrogen and oxygen atoms in total. The molecule has 2 unspecified atom stereocenters. The Morgan fingerprint density at radius 3 is 2.75 bits per heavy atom. The van der Waals surface area contributed by atoms with Crippen molar-refractivity contribution in [2.24, 2.45) is 0 Å². The number of thioether (sulfide) groups is 1. The summed E-state index contributed by atoms with van der Waals surface area (Å²) in [7, 11) is 0. The molecule has 4 heteroatoms. The molecule has 2 atom stereocenters. The first-order chi connectivity index (χ1) is 9.55. The van der Waals surface area contributed by atoms with E-state index in [9.17, 15) is 8.78 Å². The van der Waals surface area contributed by atoms with Crippen molar-refractivity contribution in [1.82, 2.24) is 5.32 Å². The Bertz CT molecular complexity index is 444. The first-order valence-electron chi connectivity index (χ1n) is 7.36. The quantitative estimate of drug-likeness (QED) is 0.846. The molecule has 112 valence electrons. The van der Waals surface area contributed by atoms with E-state index in [0.29, 0.717) is 6.04 Å². The molecule has 0 saturated carbocycles. The van der Waals surface area contributed by atoms with Crippen LogP contribution < -0.4 is 5.32 Å². The summed E-state index contributed by atoms with van der Waals surface area (Å²) in [6.45, 7) is 5.40. The molecule has 0 aliphatic carbocycles. The van der Waals surface area contributed by atoms with E-state index in [2.05, 4.69) is 19.2 Å². The summed E-state index contributed by atoms with van der Waals surface area (Å²) < 4.78 is 26.6. The molecular formula is C16H23F2NS. The smallest absolute Gasteiger partial charge is 0.159 e. The summed E-state index contributed by atoms with van der Waals surface area (Å²) in [6, 6.07) is 4.56. The predicted octanol–water partition coefficient (Wildman–Crippen LogP) is 4.16. The van der Waals surface area contributed by atoms with Crippen LogP contribution in [0.5, 0.6) is 0 Å². The highest BCUT2D eigenvalue weighted by atomic mass is 32.2. The van der Waals surface area contributed by atoms with E-state index >= 15 is 0 Å². The van der Waals surface area contributed by atoms with Gasteiger partial charge < -0.3 is 5.32 Å². The van der Waals surface area contributed by atoms with Crippen molar-refractivity contribution in [1.29, 1.82) is 0 Å². The largest absolute Gasteiger partial charge is 0.312 e. The third-order valence-electron chi connectivity index (χ3n) is 4.05. The molecule has 1 aromatic rings. The standard InChI is InChI=1S/C16H23F2NS/c1-3-8-19-15(16(2)7-4-9-20-16)11-12-5-6-13(17)14(18)10-12/h5-6,10,15,19H,3-4,7-9,11H2,1-2H3. The third-order valence-corrected chi connectivity index (χ3v) is 5.69. The van der Waals surface area contributed by atoms with Gasteiger partial charge in [0.25, 0.3) is 0 Å². The molecule has 1 N–H and O–H groups in total. The average molecular weight is 299 g/mol. The second-order valence-electron chi connectivity index (χ2n) is 5.72. The van der Waals surface area contributed by atoms with Crippen molar-refractivity contribution >= 4 is 11.8 Å². The highest BCUT2D eigenvalue weighted by Crippen LogP contribution is 2.41. The van der Waals surface area contributed by atoms with Crippen molar-refractivity contribution in [3.05, 3.63) is 35.4 Å². The minimum atomic E-state index is -0.770. The van der Waals surface area contributed by atoms with E-state index in [1.54, 1.807) is 6.07 Å². The zero-order chi connectivity index (χ0) is 14.6. The molecule has 1 aliphatic heterocycles. The highest BCUT2D eigenvalue weighted by molar-refractivity contribution is 8.00. The van der Waals surface area contributed by atoms with Gasteiger partial charge in [0.2, 0.25) is 0 Å². The fourth-order valence-electron chi connectivity index (χ4n) is 2.80. The molecule has 20 heavy (non-hydrogen) atoms. The van der Waals surface area contributed by atoms with Gasteiger partial charge in [0, 0.05) is 10.8 Å². The van der Waals surface area contributed by atoms with E-state index < -0.39 is 11.6 Å². The monoisotopic (exact) mass is 299 g/mol. The summed E-state index contributed by atoms with van der Waals surface area (Å²) >= 11 is 2.00. The van der Waals surface area contributed by atoms with E-state index in [0.717, 1.165) is 24.9 Å². The first kappa shape index (κ1) is 15.8. The lowest BCUT2D eigenvalue weighted by Gasteiger charge is -2.34. The molecule has 0 spiro atoms. The molecule has 1 saturated heterocycles. The molecule has 0 amide bonds. The number of benzene rings is 1. The maximum absolute atomic E-state index is 13.4. The third kappa shape index (κ3) is 3.73. The molecule has 1 aliphatic rings. The van der Waals surface area contributed by atoms with Gasteiger partial charge in [-0.3, -0.25) is 0 Å². The van der Waals surface area contributed by atoms with Crippen LogP contribution in [0.15, 0.2) is 18.2 Å². The van der Waals surface area contributed by atoms with Gasteiger partial charge in [-0.15, -0.1) is 0 Å². The summed E-state index contributed by atoms with van der Waals surface area (Å²) in [5, 5.41) is 3.60. The van der Waals surface area contributed by atoms with E-state index in [1.165, 1.54) is 30.7 Å². The average Bonchev–Trinajstić information content (AvgIpc) is 2.86. The Labute approximate surface area is 124 Å². The van der Waals surface area contributed by atoms with Crippen LogP contribution in [0.3, 0.4) is 0 Å². The molecule has 0 aromatic heterocycles. The van der Waals surface area contributed by atoms with Crippen LogP contribution in [-0.2, 0) is 6.42 Å². The minimum absolute atomic E-state index is 0.194. The normalized spacial score (nSPS) is 24.0. The summed E-state index contributed by atoms with van der Waals surface area (Å²) in [6.07, 6.45) is 4.25. The van der Waals surface area contributed by atoms with Crippen LogP contribution in [0.25, 0.3) is 0 Å². The maximum atomic E-state index is 13.4. The number of rotatable bonds is 6. The van der Waals surface area contributed by atoms with Crippen molar-refractivity contribution in [3.8, 4) is 0 Å². The lowest BCUT2D eigenvalue weighted by molar-refractivity contribution is 0.398. The SMILES string of the molecule is CCCNC(Cc1ccc(F)c(F)c1)C1(C)CCCS1. The van der Waals surface area contributed by atoms with Crippen LogP contribution in [0, 0.1) is 11.6 Å². The lowest BCUT2D eigenvalue weighted by Crippen LogP contribution is -2.47. The Morgan fingerprint density at radius 2 is 2.15 bits per heavy atom.